The van der Waals surface area contributed by atoms with Crippen molar-refractivity contribution in [1.29, 1.82) is 0 Å². The molecular weight excluding hydrogens is 317 g/mol. The molecular formula is C21H22FNO2. The lowest BCUT2D eigenvalue weighted by atomic mass is 9.84. The van der Waals surface area contributed by atoms with Crippen LogP contribution in [0.15, 0.2) is 48.5 Å². The van der Waals surface area contributed by atoms with E-state index in [-0.39, 0.29) is 30.4 Å². The summed E-state index contributed by atoms with van der Waals surface area (Å²) in [4.78, 5) is 15.1. The van der Waals surface area contributed by atoms with Crippen molar-refractivity contribution in [3.8, 4) is 0 Å². The minimum Gasteiger partial charge on any atom is -0.392 e. The highest BCUT2D eigenvalue weighted by atomic mass is 19.1. The Kier molecular flexibility index (Phi) is 4.30. The van der Waals surface area contributed by atoms with Gasteiger partial charge < -0.3 is 10.0 Å². The van der Waals surface area contributed by atoms with Gasteiger partial charge in [-0.1, -0.05) is 24.3 Å². The maximum absolute atomic E-state index is 13.2. The van der Waals surface area contributed by atoms with E-state index >= 15 is 0 Å². The Balaban J connectivity index is 1.54. The molecule has 4 heteroatoms. The standard InChI is InChI=1S/C21H22FNO2/c22-18-6-4-15(5-7-18)17-11-19-8-9-20(12-17)23(19)21(25)16-3-1-2-14(10-16)13-24/h1-7,10,17,19-20,24H,8-9,11-13H2/t17-,19+,20-. The summed E-state index contributed by atoms with van der Waals surface area (Å²) in [5.41, 5.74) is 2.59. The van der Waals surface area contributed by atoms with E-state index in [1.807, 2.05) is 30.3 Å². The predicted molar refractivity (Wildman–Crippen MR) is 93.7 cm³/mol. The fourth-order valence-corrected chi connectivity index (χ4v) is 4.47. The zero-order valence-corrected chi connectivity index (χ0v) is 14.1. The second-order valence-corrected chi connectivity index (χ2v) is 7.18. The van der Waals surface area contributed by atoms with Gasteiger partial charge in [0.15, 0.2) is 0 Å². The molecule has 1 amide bonds. The fraction of sp³-hybridized carbons (Fsp3) is 0.381. The van der Waals surface area contributed by atoms with E-state index in [9.17, 15) is 14.3 Å². The number of piperidine rings is 1. The number of aliphatic hydroxyl groups excluding tert-OH is 1. The zero-order valence-electron chi connectivity index (χ0n) is 14.1. The third-order valence-corrected chi connectivity index (χ3v) is 5.67. The lowest BCUT2D eigenvalue weighted by molar-refractivity contribution is 0.0571. The Morgan fingerprint density at radius 1 is 1.08 bits per heavy atom. The molecule has 0 aromatic heterocycles. The molecule has 4 rings (SSSR count). The van der Waals surface area contributed by atoms with E-state index in [1.165, 1.54) is 17.7 Å². The molecule has 2 bridgehead atoms. The summed E-state index contributed by atoms with van der Waals surface area (Å²) in [7, 11) is 0. The lowest BCUT2D eigenvalue weighted by Crippen LogP contribution is -2.46. The molecule has 2 saturated heterocycles. The largest absolute Gasteiger partial charge is 0.392 e. The van der Waals surface area contributed by atoms with E-state index < -0.39 is 0 Å². The molecule has 130 valence electrons. The molecule has 0 aliphatic carbocycles. The highest BCUT2D eigenvalue weighted by molar-refractivity contribution is 5.95. The summed E-state index contributed by atoms with van der Waals surface area (Å²) in [5, 5.41) is 9.30. The van der Waals surface area contributed by atoms with Gasteiger partial charge in [0.05, 0.1) is 6.61 Å². The molecule has 2 aliphatic rings. The second kappa shape index (κ2) is 6.60. The number of aliphatic hydroxyl groups is 1. The van der Waals surface area contributed by atoms with Crippen molar-refractivity contribution in [2.45, 2.75) is 50.3 Å². The number of carbonyl (C=O) groups excluding carboxylic acids is 1. The van der Waals surface area contributed by atoms with Gasteiger partial charge in [-0.25, -0.2) is 4.39 Å². The van der Waals surface area contributed by atoms with Crippen LogP contribution >= 0.6 is 0 Å². The molecule has 3 nitrogen and oxygen atoms in total. The molecule has 2 fully saturated rings. The summed E-state index contributed by atoms with van der Waals surface area (Å²) < 4.78 is 13.2. The van der Waals surface area contributed by atoms with E-state index in [1.54, 1.807) is 6.07 Å². The Morgan fingerprint density at radius 2 is 1.76 bits per heavy atom. The molecule has 0 unspecified atom stereocenters. The number of amides is 1. The number of benzene rings is 2. The van der Waals surface area contributed by atoms with Gasteiger partial charge in [0.2, 0.25) is 0 Å². The molecule has 2 aliphatic heterocycles. The minimum absolute atomic E-state index is 0.0549. The number of nitrogens with zero attached hydrogens (tertiary/aromatic N) is 1. The summed E-state index contributed by atoms with van der Waals surface area (Å²) in [6, 6.07) is 14.6. The topological polar surface area (TPSA) is 40.5 Å². The van der Waals surface area contributed by atoms with Crippen molar-refractivity contribution in [2.24, 2.45) is 0 Å². The van der Waals surface area contributed by atoms with E-state index in [4.69, 9.17) is 0 Å². The van der Waals surface area contributed by atoms with Crippen molar-refractivity contribution < 1.29 is 14.3 Å². The Morgan fingerprint density at radius 3 is 2.40 bits per heavy atom. The lowest BCUT2D eigenvalue weighted by Gasteiger charge is -2.39. The van der Waals surface area contributed by atoms with Crippen LogP contribution in [-0.2, 0) is 6.61 Å². The Bertz CT molecular complexity index is 760. The van der Waals surface area contributed by atoms with Crippen molar-refractivity contribution in [2.75, 3.05) is 0 Å². The summed E-state index contributed by atoms with van der Waals surface area (Å²) in [6.07, 6.45) is 3.95. The van der Waals surface area contributed by atoms with E-state index in [0.29, 0.717) is 11.5 Å². The van der Waals surface area contributed by atoms with Gasteiger partial charge in [0.25, 0.3) is 5.91 Å². The van der Waals surface area contributed by atoms with Gasteiger partial charge in [0.1, 0.15) is 5.82 Å². The van der Waals surface area contributed by atoms with Gasteiger partial charge in [-0.15, -0.1) is 0 Å². The Labute approximate surface area is 147 Å². The quantitative estimate of drug-likeness (QED) is 0.922. The van der Waals surface area contributed by atoms with Gasteiger partial charge in [-0.05, 0) is 67.0 Å². The van der Waals surface area contributed by atoms with Crippen LogP contribution in [-0.4, -0.2) is 28.0 Å². The first-order chi connectivity index (χ1) is 12.2. The van der Waals surface area contributed by atoms with Crippen LogP contribution in [0.1, 0.15) is 53.1 Å². The van der Waals surface area contributed by atoms with Gasteiger partial charge in [-0.2, -0.15) is 0 Å². The number of hydrogen-bond donors (Lipinski definition) is 1. The highest BCUT2D eigenvalue weighted by Gasteiger charge is 2.43. The maximum atomic E-state index is 13.2. The van der Waals surface area contributed by atoms with E-state index in [0.717, 1.165) is 31.2 Å². The second-order valence-electron chi connectivity index (χ2n) is 7.18. The fourth-order valence-electron chi connectivity index (χ4n) is 4.47. The molecule has 2 heterocycles. The zero-order chi connectivity index (χ0) is 17.4. The third-order valence-electron chi connectivity index (χ3n) is 5.67. The smallest absolute Gasteiger partial charge is 0.254 e. The SMILES string of the molecule is O=C(c1cccc(CO)c1)N1[C@@H]2CC[C@H]1C[C@@H](c1ccc(F)cc1)C2. The summed E-state index contributed by atoms with van der Waals surface area (Å²) in [6.45, 7) is -0.0549. The summed E-state index contributed by atoms with van der Waals surface area (Å²) >= 11 is 0. The molecule has 0 saturated carbocycles. The monoisotopic (exact) mass is 339 g/mol. The van der Waals surface area contributed by atoms with Gasteiger partial charge in [0, 0.05) is 17.6 Å². The number of fused-ring (bicyclic) bond motifs is 2. The molecule has 0 radical (unpaired) electrons. The van der Waals surface area contributed by atoms with Gasteiger partial charge in [-0.3, -0.25) is 4.79 Å². The van der Waals surface area contributed by atoms with Crippen molar-refractivity contribution in [3.63, 3.8) is 0 Å². The van der Waals surface area contributed by atoms with Crippen molar-refractivity contribution in [3.05, 3.63) is 71.0 Å². The molecule has 0 spiro atoms. The van der Waals surface area contributed by atoms with Crippen LogP contribution in [0.4, 0.5) is 4.39 Å². The van der Waals surface area contributed by atoms with Gasteiger partial charge >= 0.3 is 0 Å². The van der Waals surface area contributed by atoms with Crippen LogP contribution in [0, 0.1) is 5.82 Å². The van der Waals surface area contributed by atoms with Crippen LogP contribution in [0.2, 0.25) is 0 Å². The molecule has 2 aromatic carbocycles. The van der Waals surface area contributed by atoms with Crippen LogP contribution < -0.4 is 0 Å². The third kappa shape index (κ3) is 3.07. The highest BCUT2D eigenvalue weighted by Crippen LogP contribution is 2.43. The first kappa shape index (κ1) is 16.3. The average Bonchev–Trinajstić information content (AvgIpc) is 2.91. The summed E-state index contributed by atoms with van der Waals surface area (Å²) in [5.74, 6) is 0.259. The first-order valence-electron chi connectivity index (χ1n) is 8.93. The number of halogens is 1. The number of carbonyl (C=O) groups is 1. The predicted octanol–water partition coefficient (Wildman–Crippen LogP) is 3.87. The minimum atomic E-state index is -0.205. The van der Waals surface area contributed by atoms with Crippen LogP contribution in [0.5, 0.6) is 0 Å². The first-order valence-corrected chi connectivity index (χ1v) is 8.93. The van der Waals surface area contributed by atoms with Crippen LogP contribution in [0.3, 0.4) is 0 Å². The normalized spacial score (nSPS) is 25.2. The molecule has 2 aromatic rings. The van der Waals surface area contributed by atoms with Crippen molar-refractivity contribution >= 4 is 5.91 Å². The average molecular weight is 339 g/mol. The molecule has 25 heavy (non-hydrogen) atoms. The molecule has 1 N–H and O–H groups in total. The van der Waals surface area contributed by atoms with Crippen LogP contribution in [0.25, 0.3) is 0 Å². The number of rotatable bonds is 3. The number of hydrogen-bond acceptors (Lipinski definition) is 2. The Hall–Kier alpha value is -2.20. The van der Waals surface area contributed by atoms with E-state index in [2.05, 4.69) is 4.90 Å². The maximum Gasteiger partial charge on any atom is 0.254 e. The van der Waals surface area contributed by atoms with Crippen molar-refractivity contribution in [1.82, 2.24) is 4.90 Å². The molecule has 3 atom stereocenters.